The fraction of sp³-hybridized carbons (Fsp3) is 0.250. The number of benzene rings is 1. The quantitative estimate of drug-likeness (QED) is 0.850. The molecule has 0 spiro atoms. The molecule has 0 atom stereocenters. The third-order valence-corrected chi connectivity index (χ3v) is 4.21. The molecule has 0 aliphatic rings. The van der Waals surface area contributed by atoms with Gasteiger partial charge in [0.2, 0.25) is 10.0 Å². The normalized spacial score (nSPS) is 12.5. The van der Waals surface area contributed by atoms with Gasteiger partial charge in [-0.15, -0.1) is 0 Å². The molecule has 0 fully saturated rings. The molecule has 2 rings (SSSR count). The third kappa shape index (κ3) is 3.83. The maximum absolute atomic E-state index is 13.5. The lowest BCUT2D eigenvalue weighted by molar-refractivity contribution is -0.137. The van der Waals surface area contributed by atoms with E-state index in [1.807, 2.05) is 4.72 Å². The Kier molecular flexibility index (Phi) is 4.52. The van der Waals surface area contributed by atoms with Crippen LogP contribution in [-0.2, 0) is 22.6 Å². The standard InChI is InChI=1S/C12H10F4N2O3S/c13-10-2-1-9(12(14,15)16)5-11(10)22(19,20)18-4-3-8-6-17-21-7-8/h1-2,5-7,18H,3-4H2. The number of rotatable bonds is 5. The van der Waals surface area contributed by atoms with Crippen LogP contribution in [0, 0.1) is 5.82 Å². The lowest BCUT2D eigenvalue weighted by Crippen LogP contribution is -2.27. The summed E-state index contributed by atoms with van der Waals surface area (Å²) in [5, 5.41) is 3.41. The van der Waals surface area contributed by atoms with Gasteiger partial charge >= 0.3 is 6.18 Å². The zero-order valence-corrected chi connectivity index (χ0v) is 11.7. The molecule has 1 aromatic heterocycles. The summed E-state index contributed by atoms with van der Waals surface area (Å²) in [7, 11) is -4.40. The van der Waals surface area contributed by atoms with E-state index in [-0.39, 0.29) is 19.0 Å². The topological polar surface area (TPSA) is 72.2 Å². The summed E-state index contributed by atoms with van der Waals surface area (Å²) in [6.45, 7) is -0.140. The van der Waals surface area contributed by atoms with E-state index < -0.39 is 32.5 Å². The second-order valence-electron chi connectivity index (χ2n) is 4.32. The average Bonchev–Trinajstić information content (AvgIpc) is 2.90. The van der Waals surface area contributed by atoms with Gasteiger partial charge in [0, 0.05) is 12.1 Å². The van der Waals surface area contributed by atoms with Gasteiger partial charge in [-0.05, 0) is 24.6 Å². The molecule has 0 saturated heterocycles. The summed E-state index contributed by atoms with van der Waals surface area (Å²) in [5.41, 5.74) is -0.652. The molecule has 0 amide bonds. The number of sulfonamides is 1. The van der Waals surface area contributed by atoms with Crippen molar-refractivity contribution < 1.29 is 30.5 Å². The maximum atomic E-state index is 13.5. The minimum Gasteiger partial charge on any atom is -0.364 e. The van der Waals surface area contributed by atoms with E-state index in [2.05, 4.69) is 9.68 Å². The second kappa shape index (κ2) is 6.05. The van der Waals surface area contributed by atoms with E-state index >= 15 is 0 Å². The van der Waals surface area contributed by atoms with Crippen LogP contribution in [0.5, 0.6) is 0 Å². The SMILES string of the molecule is O=S(=O)(NCCc1cnoc1)c1cc(C(F)(F)F)ccc1F. The molecule has 1 aromatic carbocycles. The zero-order valence-electron chi connectivity index (χ0n) is 10.9. The smallest absolute Gasteiger partial charge is 0.364 e. The molecule has 0 radical (unpaired) electrons. The Morgan fingerprint density at radius 2 is 2.00 bits per heavy atom. The highest BCUT2D eigenvalue weighted by atomic mass is 32.2. The molecule has 10 heteroatoms. The van der Waals surface area contributed by atoms with Crippen molar-refractivity contribution in [1.29, 1.82) is 0 Å². The number of hydrogen-bond acceptors (Lipinski definition) is 4. The number of halogens is 4. The van der Waals surface area contributed by atoms with Crippen LogP contribution in [0.3, 0.4) is 0 Å². The van der Waals surface area contributed by atoms with Crippen molar-refractivity contribution in [2.24, 2.45) is 0 Å². The first-order chi connectivity index (χ1) is 10.2. The predicted molar refractivity (Wildman–Crippen MR) is 66.8 cm³/mol. The summed E-state index contributed by atoms with van der Waals surface area (Å²) in [5.74, 6) is -1.26. The van der Waals surface area contributed by atoms with Gasteiger partial charge in [-0.3, -0.25) is 0 Å². The Morgan fingerprint density at radius 1 is 1.27 bits per heavy atom. The fourth-order valence-corrected chi connectivity index (χ4v) is 2.78. The Morgan fingerprint density at radius 3 is 2.59 bits per heavy atom. The highest BCUT2D eigenvalue weighted by molar-refractivity contribution is 7.89. The Balaban J connectivity index is 2.18. The van der Waals surface area contributed by atoms with Crippen LogP contribution < -0.4 is 4.72 Å². The summed E-state index contributed by atoms with van der Waals surface area (Å²) >= 11 is 0. The number of alkyl halides is 3. The van der Waals surface area contributed by atoms with Crippen LogP contribution in [0.15, 0.2) is 40.1 Å². The molecule has 1 N–H and O–H groups in total. The summed E-state index contributed by atoms with van der Waals surface area (Å²) in [6.07, 6.45) is -1.91. The molecule has 0 saturated carbocycles. The molecule has 22 heavy (non-hydrogen) atoms. The number of hydrogen-bond donors (Lipinski definition) is 1. The summed E-state index contributed by atoms with van der Waals surface area (Å²) in [6, 6.07) is 1.21. The van der Waals surface area contributed by atoms with E-state index in [4.69, 9.17) is 0 Å². The van der Waals surface area contributed by atoms with Crippen LogP contribution in [0.2, 0.25) is 0 Å². The first-order valence-corrected chi connectivity index (χ1v) is 7.43. The number of nitrogens with one attached hydrogen (secondary N) is 1. The molecule has 0 aliphatic carbocycles. The van der Waals surface area contributed by atoms with Gasteiger partial charge in [-0.25, -0.2) is 17.5 Å². The van der Waals surface area contributed by atoms with Crippen molar-refractivity contribution in [1.82, 2.24) is 9.88 Å². The molecule has 1 heterocycles. The number of nitrogens with zero attached hydrogens (tertiary/aromatic N) is 1. The van der Waals surface area contributed by atoms with Gasteiger partial charge in [-0.1, -0.05) is 5.16 Å². The van der Waals surface area contributed by atoms with Gasteiger partial charge in [0.05, 0.1) is 11.8 Å². The lowest BCUT2D eigenvalue weighted by atomic mass is 10.2. The highest BCUT2D eigenvalue weighted by Crippen LogP contribution is 2.31. The maximum Gasteiger partial charge on any atom is 0.416 e. The minimum atomic E-state index is -4.76. The Bertz CT molecular complexity index is 742. The molecule has 0 bridgehead atoms. The van der Waals surface area contributed by atoms with Crippen molar-refractivity contribution in [3.8, 4) is 0 Å². The third-order valence-electron chi connectivity index (χ3n) is 2.74. The minimum absolute atomic E-state index is 0.140. The molecule has 5 nitrogen and oxygen atoms in total. The van der Waals surface area contributed by atoms with E-state index in [9.17, 15) is 26.0 Å². The zero-order chi connectivity index (χ0) is 16.4. The first-order valence-electron chi connectivity index (χ1n) is 5.95. The van der Waals surface area contributed by atoms with Crippen molar-refractivity contribution >= 4 is 10.0 Å². The van der Waals surface area contributed by atoms with Gasteiger partial charge in [0.15, 0.2) is 0 Å². The van der Waals surface area contributed by atoms with Gasteiger partial charge in [0.25, 0.3) is 0 Å². The number of aromatic nitrogens is 1. The van der Waals surface area contributed by atoms with Crippen LogP contribution in [0.25, 0.3) is 0 Å². The summed E-state index contributed by atoms with van der Waals surface area (Å²) in [4.78, 5) is -1.05. The van der Waals surface area contributed by atoms with Crippen LogP contribution in [0.1, 0.15) is 11.1 Å². The molecule has 120 valence electrons. The lowest BCUT2D eigenvalue weighted by Gasteiger charge is -2.11. The largest absolute Gasteiger partial charge is 0.416 e. The van der Waals surface area contributed by atoms with Gasteiger partial charge < -0.3 is 4.52 Å². The van der Waals surface area contributed by atoms with E-state index in [1.165, 1.54) is 12.5 Å². The average molecular weight is 338 g/mol. The fourth-order valence-electron chi connectivity index (χ4n) is 1.64. The van der Waals surface area contributed by atoms with E-state index in [1.54, 1.807) is 0 Å². The first kappa shape index (κ1) is 16.4. The Hall–Kier alpha value is -1.94. The van der Waals surface area contributed by atoms with E-state index in [0.29, 0.717) is 17.7 Å². The van der Waals surface area contributed by atoms with Crippen molar-refractivity contribution in [2.75, 3.05) is 6.54 Å². The van der Waals surface area contributed by atoms with Crippen LogP contribution >= 0.6 is 0 Å². The molecule has 0 aliphatic heterocycles. The van der Waals surface area contributed by atoms with Gasteiger partial charge in [-0.2, -0.15) is 13.2 Å². The predicted octanol–water partition coefficient (Wildman–Crippen LogP) is 2.35. The second-order valence-corrected chi connectivity index (χ2v) is 6.06. The molecule has 0 unspecified atom stereocenters. The van der Waals surface area contributed by atoms with Crippen molar-refractivity contribution in [3.63, 3.8) is 0 Å². The van der Waals surface area contributed by atoms with Crippen molar-refractivity contribution in [2.45, 2.75) is 17.5 Å². The van der Waals surface area contributed by atoms with Crippen molar-refractivity contribution in [3.05, 3.63) is 47.6 Å². The van der Waals surface area contributed by atoms with E-state index in [0.717, 1.165) is 0 Å². The van der Waals surface area contributed by atoms with Crippen LogP contribution in [-0.4, -0.2) is 20.1 Å². The molecule has 2 aromatic rings. The molecular formula is C12H10F4N2O3S. The molecular weight excluding hydrogens is 328 g/mol. The Labute approximate surface area is 123 Å². The van der Waals surface area contributed by atoms with Gasteiger partial charge in [0.1, 0.15) is 17.0 Å². The monoisotopic (exact) mass is 338 g/mol. The summed E-state index contributed by atoms with van der Waals surface area (Å²) < 4.78 is 81.6. The van der Waals surface area contributed by atoms with Crippen LogP contribution in [0.4, 0.5) is 17.6 Å². The highest BCUT2D eigenvalue weighted by Gasteiger charge is 2.33.